The fourth-order valence-electron chi connectivity index (χ4n) is 2.57. The molecule has 1 amide bonds. The molecule has 3 rings (SSSR count). The lowest BCUT2D eigenvalue weighted by molar-refractivity contribution is -0.117. The molecule has 0 spiro atoms. The summed E-state index contributed by atoms with van der Waals surface area (Å²) >= 11 is 7.65. The number of thiazole rings is 1. The number of carbonyl (C=O) groups excluding carboxylic acids is 1. The molecule has 25 heavy (non-hydrogen) atoms. The van der Waals surface area contributed by atoms with Crippen LogP contribution in [0.3, 0.4) is 0 Å². The molecule has 2 aromatic carbocycles. The highest BCUT2D eigenvalue weighted by atomic mass is 35.5. The van der Waals surface area contributed by atoms with Gasteiger partial charge in [0.15, 0.2) is 4.80 Å². The fraction of sp³-hybridized carbons (Fsp3) is 0.263. The molecule has 0 saturated heterocycles. The summed E-state index contributed by atoms with van der Waals surface area (Å²) in [6, 6.07) is 15.4. The molecule has 0 bridgehead atoms. The van der Waals surface area contributed by atoms with Crippen molar-refractivity contribution in [1.82, 2.24) is 4.57 Å². The fourth-order valence-corrected chi connectivity index (χ4v) is 3.85. The first kappa shape index (κ1) is 17.9. The molecule has 130 valence electrons. The highest BCUT2D eigenvalue weighted by molar-refractivity contribution is 7.16. The minimum Gasteiger partial charge on any atom is -0.380 e. The van der Waals surface area contributed by atoms with Crippen molar-refractivity contribution in [2.24, 2.45) is 4.99 Å². The van der Waals surface area contributed by atoms with Gasteiger partial charge in [-0.25, -0.2) is 0 Å². The van der Waals surface area contributed by atoms with Crippen molar-refractivity contribution in [3.63, 3.8) is 0 Å². The molecule has 1 heterocycles. The first-order valence-electron chi connectivity index (χ1n) is 8.16. The second kappa shape index (κ2) is 8.43. The first-order valence-corrected chi connectivity index (χ1v) is 9.35. The standard InChI is InChI=1S/C19H19ClN2O2S/c1-2-24-12-11-22-16-9-5-6-10-17(16)25-19(22)21-18(23)13-14-7-3-4-8-15(14)20/h3-10H,2,11-13H2,1H3. The highest BCUT2D eigenvalue weighted by Crippen LogP contribution is 2.18. The summed E-state index contributed by atoms with van der Waals surface area (Å²) in [4.78, 5) is 17.5. The Morgan fingerprint density at radius 1 is 1.20 bits per heavy atom. The molecule has 0 unspecified atom stereocenters. The molecule has 0 fully saturated rings. The van der Waals surface area contributed by atoms with Crippen LogP contribution in [0.15, 0.2) is 53.5 Å². The lowest BCUT2D eigenvalue weighted by Gasteiger charge is -2.05. The van der Waals surface area contributed by atoms with Crippen molar-refractivity contribution in [1.29, 1.82) is 0 Å². The molecule has 3 aromatic rings. The number of carbonyl (C=O) groups is 1. The molecule has 0 saturated carbocycles. The van der Waals surface area contributed by atoms with Crippen LogP contribution in [0.25, 0.3) is 10.2 Å². The summed E-state index contributed by atoms with van der Waals surface area (Å²) in [6.45, 7) is 3.88. The van der Waals surface area contributed by atoms with Crippen molar-refractivity contribution in [2.45, 2.75) is 19.9 Å². The van der Waals surface area contributed by atoms with E-state index >= 15 is 0 Å². The summed E-state index contributed by atoms with van der Waals surface area (Å²) in [5.74, 6) is -0.204. The lowest BCUT2D eigenvalue weighted by Crippen LogP contribution is -2.20. The lowest BCUT2D eigenvalue weighted by atomic mass is 10.1. The maximum Gasteiger partial charge on any atom is 0.252 e. The van der Waals surface area contributed by atoms with Crippen molar-refractivity contribution < 1.29 is 9.53 Å². The molecule has 0 aliphatic heterocycles. The minimum absolute atomic E-state index is 0.194. The van der Waals surface area contributed by atoms with Gasteiger partial charge in [-0.3, -0.25) is 4.79 Å². The zero-order valence-corrected chi connectivity index (χ0v) is 15.5. The van der Waals surface area contributed by atoms with E-state index in [2.05, 4.69) is 4.99 Å². The number of benzene rings is 2. The number of nitrogens with zero attached hydrogens (tertiary/aromatic N) is 2. The van der Waals surface area contributed by atoms with E-state index in [9.17, 15) is 4.79 Å². The van der Waals surface area contributed by atoms with E-state index in [-0.39, 0.29) is 12.3 Å². The molecular formula is C19H19ClN2O2S. The van der Waals surface area contributed by atoms with Gasteiger partial charge in [-0.05, 0) is 30.7 Å². The van der Waals surface area contributed by atoms with Crippen LogP contribution < -0.4 is 4.80 Å². The number of para-hydroxylation sites is 1. The quantitative estimate of drug-likeness (QED) is 0.610. The minimum atomic E-state index is -0.204. The van der Waals surface area contributed by atoms with Crippen LogP contribution >= 0.6 is 22.9 Å². The summed E-state index contributed by atoms with van der Waals surface area (Å²) < 4.78 is 8.61. The topological polar surface area (TPSA) is 43.6 Å². The number of amides is 1. The monoisotopic (exact) mass is 374 g/mol. The maximum absolute atomic E-state index is 12.4. The van der Waals surface area contributed by atoms with Gasteiger partial charge in [0, 0.05) is 18.2 Å². The number of rotatable bonds is 6. The van der Waals surface area contributed by atoms with Crippen LogP contribution in [-0.4, -0.2) is 23.7 Å². The SMILES string of the molecule is CCOCCn1c(=NC(=O)Cc2ccccc2Cl)sc2ccccc21. The van der Waals surface area contributed by atoms with Crippen LogP contribution in [0.2, 0.25) is 5.02 Å². The van der Waals surface area contributed by atoms with E-state index in [4.69, 9.17) is 16.3 Å². The van der Waals surface area contributed by atoms with Gasteiger partial charge in [-0.2, -0.15) is 4.99 Å². The number of halogens is 1. The van der Waals surface area contributed by atoms with Gasteiger partial charge >= 0.3 is 0 Å². The van der Waals surface area contributed by atoms with E-state index < -0.39 is 0 Å². The molecule has 0 radical (unpaired) electrons. The van der Waals surface area contributed by atoms with Crippen molar-refractivity contribution in [2.75, 3.05) is 13.2 Å². The predicted octanol–water partition coefficient (Wildman–Crippen LogP) is 4.06. The number of fused-ring (bicyclic) bond motifs is 1. The van der Waals surface area contributed by atoms with E-state index in [0.717, 1.165) is 15.8 Å². The molecule has 0 aliphatic carbocycles. The zero-order valence-electron chi connectivity index (χ0n) is 13.9. The van der Waals surface area contributed by atoms with Crippen LogP contribution in [0, 0.1) is 0 Å². The van der Waals surface area contributed by atoms with Crippen LogP contribution in [0.1, 0.15) is 12.5 Å². The normalized spacial score (nSPS) is 12.0. The first-order chi connectivity index (χ1) is 12.2. The second-order valence-electron chi connectivity index (χ2n) is 5.47. The Balaban J connectivity index is 1.93. The average molecular weight is 375 g/mol. The maximum atomic E-state index is 12.4. The van der Waals surface area contributed by atoms with Gasteiger partial charge in [0.2, 0.25) is 0 Å². The Bertz CT molecular complexity index is 946. The van der Waals surface area contributed by atoms with Gasteiger partial charge in [0.05, 0.1) is 23.2 Å². The third-order valence-corrected chi connectivity index (χ3v) is 5.20. The average Bonchev–Trinajstić information content (AvgIpc) is 2.94. The van der Waals surface area contributed by atoms with Crippen molar-refractivity contribution >= 4 is 39.1 Å². The summed E-state index contributed by atoms with van der Waals surface area (Å²) in [7, 11) is 0. The highest BCUT2D eigenvalue weighted by Gasteiger charge is 2.09. The van der Waals surface area contributed by atoms with Gasteiger partial charge in [0.1, 0.15) is 0 Å². The van der Waals surface area contributed by atoms with Gasteiger partial charge in [0.25, 0.3) is 5.91 Å². The Hall–Kier alpha value is -1.95. The Morgan fingerprint density at radius 2 is 1.96 bits per heavy atom. The van der Waals surface area contributed by atoms with Crippen LogP contribution in [0.4, 0.5) is 0 Å². The van der Waals surface area contributed by atoms with Crippen molar-refractivity contribution in [3.05, 3.63) is 63.9 Å². The Morgan fingerprint density at radius 3 is 2.76 bits per heavy atom. The number of hydrogen-bond acceptors (Lipinski definition) is 3. The smallest absolute Gasteiger partial charge is 0.252 e. The second-order valence-corrected chi connectivity index (χ2v) is 6.89. The predicted molar refractivity (Wildman–Crippen MR) is 102 cm³/mol. The number of aromatic nitrogens is 1. The molecule has 0 aliphatic rings. The molecule has 1 aromatic heterocycles. The summed E-state index contributed by atoms with van der Waals surface area (Å²) in [5.41, 5.74) is 1.86. The molecule has 0 N–H and O–H groups in total. The largest absolute Gasteiger partial charge is 0.380 e. The Kier molecular flexibility index (Phi) is 6.02. The third kappa shape index (κ3) is 4.37. The molecule has 4 nitrogen and oxygen atoms in total. The summed E-state index contributed by atoms with van der Waals surface area (Å²) in [5, 5.41) is 0.589. The van der Waals surface area contributed by atoms with Gasteiger partial charge in [-0.1, -0.05) is 53.3 Å². The van der Waals surface area contributed by atoms with E-state index in [1.54, 1.807) is 6.07 Å². The Labute approximate surface area is 155 Å². The molecule has 0 atom stereocenters. The van der Waals surface area contributed by atoms with Crippen LogP contribution in [0.5, 0.6) is 0 Å². The number of hydrogen-bond donors (Lipinski definition) is 0. The van der Waals surface area contributed by atoms with E-state index in [1.165, 1.54) is 11.3 Å². The third-order valence-electron chi connectivity index (χ3n) is 3.77. The summed E-state index contributed by atoms with van der Waals surface area (Å²) in [6.07, 6.45) is 0.194. The van der Waals surface area contributed by atoms with Crippen LogP contribution in [-0.2, 0) is 22.5 Å². The molecular weight excluding hydrogens is 356 g/mol. The van der Waals surface area contributed by atoms with E-state index in [0.29, 0.717) is 29.6 Å². The molecule has 6 heteroatoms. The zero-order chi connectivity index (χ0) is 17.6. The van der Waals surface area contributed by atoms with Gasteiger partial charge < -0.3 is 9.30 Å². The number of ether oxygens (including phenoxy) is 1. The van der Waals surface area contributed by atoms with Crippen molar-refractivity contribution in [3.8, 4) is 0 Å². The van der Waals surface area contributed by atoms with E-state index in [1.807, 2.05) is 54.0 Å². The van der Waals surface area contributed by atoms with Gasteiger partial charge in [-0.15, -0.1) is 0 Å².